The molecule has 26 heavy (non-hydrogen) atoms. The topological polar surface area (TPSA) is 70.0 Å². The van der Waals surface area contributed by atoms with Gasteiger partial charge in [0.05, 0.1) is 0 Å². The van der Waals surface area contributed by atoms with Crippen molar-refractivity contribution in [3.05, 3.63) is 71.8 Å². The second kappa shape index (κ2) is 6.83. The summed E-state index contributed by atoms with van der Waals surface area (Å²) in [6, 6.07) is 17.6. The fourth-order valence-electron chi connectivity index (χ4n) is 4.06. The quantitative estimate of drug-likeness (QED) is 0.822. The molecular formula is C21H23NO4. The summed E-state index contributed by atoms with van der Waals surface area (Å²) in [6.07, 6.45) is 0.416. The van der Waals surface area contributed by atoms with Crippen LogP contribution in [0.1, 0.15) is 24.0 Å². The van der Waals surface area contributed by atoms with Gasteiger partial charge < -0.3 is 14.9 Å². The summed E-state index contributed by atoms with van der Waals surface area (Å²) in [4.78, 5) is 15.1. The summed E-state index contributed by atoms with van der Waals surface area (Å²) >= 11 is 0. The number of esters is 1. The van der Waals surface area contributed by atoms with E-state index in [9.17, 15) is 15.0 Å². The van der Waals surface area contributed by atoms with Crippen molar-refractivity contribution < 1.29 is 19.7 Å². The highest BCUT2D eigenvalue weighted by Gasteiger charge is 2.48. The molecule has 0 saturated carbocycles. The average Bonchev–Trinajstić information content (AvgIpc) is 2.71. The highest BCUT2D eigenvalue weighted by atomic mass is 16.6. The molecule has 3 heterocycles. The summed E-state index contributed by atoms with van der Waals surface area (Å²) in [5.74, 6) is -0.606. The minimum Gasteiger partial charge on any atom is -0.441 e. The number of nitrogens with zero attached hydrogens (tertiary/aromatic N) is 1. The Labute approximate surface area is 152 Å². The van der Waals surface area contributed by atoms with Gasteiger partial charge in [0.25, 0.3) is 0 Å². The molecule has 2 atom stereocenters. The third kappa shape index (κ3) is 2.82. The van der Waals surface area contributed by atoms with Gasteiger partial charge in [0.15, 0.2) is 6.23 Å². The summed E-state index contributed by atoms with van der Waals surface area (Å²) < 4.78 is 5.70. The first-order valence-corrected chi connectivity index (χ1v) is 9.07. The van der Waals surface area contributed by atoms with Gasteiger partial charge in [-0.3, -0.25) is 4.90 Å². The van der Waals surface area contributed by atoms with E-state index in [1.807, 2.05) is 17.0 Å². The molecule has 136 valence electrons. The summed E-state index contributed by atoms with van der Waals surface area (Å²) in [7, 11) is 0. The fraction of sp³-hybridized carbons (Fsp3) is 0.381. The van der Waals surface area contributed by atoms with E-state index in [-0.39, 0.29) is 5.92 Å². The van der Waals surface area contributed by atoms with E-state index in [1.54, 1.807) is 48.5 Å². The highest BCUT2D eigenvalue weighted by molar-refractivity contribution is 5.85. The molecule has 0 aromatic heterocycles. The zero-order valence-corrected chi connectivity index (χ0v) is 14.5. The lowest BCUT2D eigenvalue weighted by molar-refractivity contribution is -0.212. The molecule has 3 aliphatic heterocycles. The van der Waals surface area contributed by atoms with Crippen LogP contribution >= 0.6 is 0 Å². The average molecular weight is 353 g/mol. The van der Waals surface area contributed by atoms with Crippen LogP contribution in [0, 0.1) is 5.92 Å². The molecule has 3 fully saturated rings. The van der Waals surface area contributed by atoms with Crippen molar-refractivity contribution in [2.45, 2.75) is 30.8 Å². The number of rotatable bonds is 4. The van der Waals surface area contributed by atoms with Crippen LogP contribution in [0.3, 0.4) is 0 Å². The molecule has 0 radical (unpaired) electrons. The second-order valence-electron chi connectivity index (χ2n) is 7.10. The Morgan fingerprint density at radius 2 is 1.46 bits per heavy atom. The maximum Gasteiger partial charge on any atom is 0.349 e. The predicted octanol–water partition coefficient (Wildman–Crippen LogP) is 1.88. The minimum absolute atomic E-state index is 0.152. The molecule has 2 aromatic rings. The minimum atomic E-state index is -1.92. The fourth-order valence-corrected chi connectivity index (χ4v) is 4.06. The lowest BCUT2D eigenvalue weighted by atomic mass is 9.84. The summed E-state index contributed by atoms with van der Waals surface area (Å²) in [5, 5.41) is 21.9. The number of carbonyl (C=O) groups excluding carboxylic acids is 1. The number of ether oxygens (including phenoxy) is 1. The second-order valence-corrected chi connectivity index (χ2v) is 7.10. The molecule has 3 aliphatic rings. The molecule has 0 aliphatic carbocycles. The van der Waals surface area contributed by atoms with Gasteiger partial charge in [0, 0.05) is 13.1 Å². The summed E-state index contributed by atoms with van der Waals surface area (Å²) in [6.45, 7) is 1.60. The Morgan fingerprint density at radius 3 is 1.92 bits per heavy atom. The van der Waals surface area contributed by atoms with E-state index in [2.05, 4.69) is 0 Å². The van der Waals surface area contributed by atoms with Gasteiger partial charge in [-0.1, -0.05) is 60.7 Å². The number of hydrogen-bond acceptors (Lipinski definition) is 5. The van der Waals surface area contributed by atoms with Crippen LogP contribution in [0.4, 0.5) is 0 Å². The van der Waals surface area contributed by atoms with Crippen LogP contribution in [0.2, 0.25) is 0 Å². The van der Waals surface area contributed by atoms with Crippen molar-refractivity contribution in [3.8, 4) is 0 Å². The predicted molar refractivity (Wildman–Crippen MR) is 96.1 cm³/mol. The van der Waals surface area contributed by atoms with Crippen LogP contribution in [0.25, 0.3) is 0 Å². The zero-order valence-electron chi connectivity index (χ0n) is 14.5. The molecule has 0 spiro atoms. The van der Waals surface area contributed by atoms with E-state index in [0.29, 0.717) is 11.1 Å². The smallest absolute Gasteiger partial charge is 0.349 e. The van der Waals surface area contributed by atoms with E-state index in [1.165, 1.54) is 0 Å². The molecule has 0 amide bonds. The van der Waals surface area contributed by atoms with Crippen molar-refractivity contribution in [1.29, 1.82) is 0 Å². The SMILES string of the molecule is O=C(OC1C(O)C2CCN1CC2)C(O)(c1ccccc1)c1ccccc1. The van der Waals surface area contributed by atoms with E-state index in [0.717, 1.165) is 25.9 Å². The number of hydrogen-bond donors (Lipinski definition) is 2. The van der Waals surface area contributed by atoms with Gasteiger partial charge in [-0.2, -0.15) is 0 Å². The molecule has 3 saturated heterocycles. The third-order valence-electron chi connectivity index (χ3n) is 5.62. The Morgan fingerprint density at radius 1 is 0.962 bits per heavy atom. The molecule has 2 bridgehead atoms. The van der Waals surface area contributed by atoms with E-state index >= 15 is 0 Å². The molecule has 5 nitrogen and oxygen atoms in total. The van der Waals surface area contributed by atoms with Gasteiger partial charge >= 0.3 is 5.97 Å². The number of fused-ring (bicyclic) bond motifs is 3. The van der Waals surface area contributed by atoms with Gasteiger partial charge in [0.2, 0.25) is 5.60 Å². The van der Waals surface area contributed by atoms with Gasteiger partial charge in [0.1, 0.15) is 6.10 Å². The van der Waals surface area contributed by atoms with Crippen LogP contribution < -0.4 is 0 Å². The Kier molecular flexibility index (Phi) is 4.53. The van der Waals surface area contributed by atoms with E-state index in [4.69, 9.17) is 4.74 Å². The normalized spacial score (nSPS) is 27.9. The van der Waals surface area contributed by atoms with Crippen LogP contribution in [0.5, 0.6) is 0 Å². The monoisotopic (exact) mass is 353 g/mol. The standard InChI is InChI=1S/C21H23NO4/c23-18-15-11-13-22(14-12-15)19(18)26-20(24)21(25,16-7-3-1-4-8-16)17-9-5-2-6-10-17/h1-10,15,18-19,23,25H,11-14H2. The van der Waals surface area contributed by atoms with Crippen molar-refractivity contribution in [2.24, 2.45) is 5.92 Å². The Balaban J connectivity index is 1.67. The van der Waals surface area contributed by atoms with Crippen molar-refractivity contribution in [3.63, 3.8) is 0 Å². The molecule has 2 unspecified atom stereocenters. The molecule has 5 rings (SSSR count). The number of aliphatic hydroxyl groups is 2. The first kappa shape index (κ1) is 17.2. The van der Waals surface area contributed by atoms with Gasteiger partial charge in [-0.05, 0) is 29.9 Å². The van der Waals surface area contributed by atoms with E-state index < -0.39 is 23.9 Å². The van der Waals surface area contributed by atoms with Crippen LogP contribution in [-0.2, 0) is 15.1 Å². The first-order chi connectivity index (χ1) is 12.6. The number of carbonyl (C=O) groups is 1. The third-order valence-corrected chi connectivity index (χ3v) is 5.62. The molecule has 2 aromatic carbocycles. The van der Waals surface area contributed by atoms with Crippen LogP contribution in [-0.4, -0.2) is 46.5 Å². The van der Waals surface area contributed by atoms with Gasteiger partial charge in [-0.25, -0.2) is 4.79 Å². The van der Waals surface area contributed by atoms with Crippen molar-refractivity contribution in [2.75, 3.05) is 13.1 Å². The maximum atomic E-state index is 13.1. The first-order valence-electron chi connectivity index (χ1n) is 9.07. The molecule has 2 N–H and O–H groups in total. The number of piperidine rings is 3. The lowest BCUT2D eigenvalue weighted by Gasteiger charge is -2.48. The van der Waals surface area contributed by atoms with Crippen molar-refractivity contribution >= 4 is 5.97 Å². The highest BCUT2D eigenvalue weighted by Crippen LogP contribution is 2.36. The zero-order chi connectivity index (χ0) is 18.1. The van der Waals surface area contributed by atoms with Gasteiger partial charge in [-0.15, -0.1) is 0 Å². The lowest BCUT2D eigenvalue weighted by Crippen LogP contribution is -2.60. The Hall–Kier alpha value is -2.21. The molecule has 5 heteroatoms. The Bertz CT molecular complexity index is 715. The van der Waals surface area contributed by atoms with Crippen molar-refractivity contribution in [1.82, 2.24) is 4.90 Å². The maximum absolute atomic E-state index is 13.1. The number of benzene rings is 2. The largest absolute Gasteiger partial charge is 0.441 e. The summed E-state index contributed by atoms with van der Waals surface area (Å²) in [5.41, 5.74) is -1.02. The number of aliphatic hydroxyl groups excluding tert-OH is 1. The van der Waals surface area contributed by atoms with Crippen LogP contribution in [0.15, 0.2) is 60.7 Å². The molecular weight excluding hydrogens is 330 g/mol.